The van der Waals surface area contributed by atoms with E-state index in [1.165, 1.54) is 0 Å². The monoisotopic (exact) mass is 240 g/mol. The summed E-state index contributed by atoms with van der Waals surface area (Å²) in [5, 5.41) is 0. The summed E-state index contributed by atoms with van der Waals surface area (Å²) < 4.78 is 0. The van der Waals surface area contributed by atoms with Crippen LogP contribution in [0.25, 0.3) is 0 Å². The number of hydrogen-bond acceptors (Lipinski definition) is 1. The van der Waals surface area contributed by atoms with E-state index in [2.05, 4.69) is 15.9 Å². The number of aryl methyl sites for hydroxylation is 2. The lowest BCUT2D eigenvalue weighted by atomic mass is 9.98. The molecule has 0 aliphatic heterocycles. The molecule has 1 aromatic rings. The van der Waals surface area contributed by atoms with E-state index in [0.29, 0.717) is 0 Å². The van der Waals surface area contributed by atoms with Gasteiger partial charge in [0, 0.05) is 0 Å². The maximum absolute atomic E-state index is 11.2. The predicted molar refractivity (Wildman–Crippen MR) is 58.3 cm³/mol. The summed E-state index contributed by atoms with van der Waals surface area (Å²) in [4.78, 5) is 11.0. The van der Waals surface area contributed by atoms with Crippen molar-refractivity contribution in [2.75, 3.05) is 0 Å². The molecule has 0 N–H and O–H groups in total. The zero-order valence-electron chi connectivity index (χ0n) is 8.10. The van der Waals surface area contributed by atoms with Crippen molar-refractivity contribution in [1.82, 2.24) is 0 Å². The molecule has 1 unspecified atom stereocenters. The van der Waals surface area contributed by atoms with Crippen LogP contribution in [0.4, 0.5) is 0 Å². The van der Waals surface area contributed by atoms with Crippen molar-refractivity contribution in [2.45, 2.75) is 25.6 Å². The fourth-order valence-electron chi connectivity index (χ4n) is 1.43. The highest BCUT2D eigenvalue weighted by Crippen LogP contribution is 2.29. The molecular formula is C11H13BrO. The number of ketones is 1. The third kappa shape index (κ3) is 2.19. The van der Waals surface area contributed by atoms with E-state index in [-0.39, 0.29) is 10.6 Å². The summed E-state index contributed by atoms with van der Waals surface area (Å²) >= 11 is 3.40. The van der Waals surface area contributed by atoms with Gasteiger partial charge in [-0.05, 0) is 37.5 Å². The van der Waals surface area contributed by atoms with E-state index in [4.69, 9.17) is 0 Å². The number of rotatable bonds is 2. The van der Waals surface area contributed by atoms with Crippen LogP contribution in [0.1, 0.15) is 28.4 Å². The van der Waals surface area contributed by atoms with E-state index in [1.807, 2.05) is 32.0 Å². The van der Waals surface area contributed by atoms with Crippen LogP contribution < -0.4 is 0 Å². The minimum atomic E-state index is -0.159. The van der Waals surface area contributed by atoms with Gasteiger partial charge in [0.1, 0.15) is 5.78 Å². The summed E-state index contributed by atoms with van der Waals surface area (Å²) in [6.07, 6.45) is 0. The average molecular weight is 241 g/mol. The first-order chi connectivity index (χ1) is 6.04. The Morgan fingerprint density at radius 1 is 1.31 bits per heavy atom. The third-order valence-corrected chi connectivity index (χ3v) is 3.26. The van der Waals surface area contributed by atoms with Crippen molar-refractivity contribution in [3.8, 4) is 0 Å². The molecule has 1 aromatic carbocycles. The summed E-state index contributed by atoms with van der Waals surface area (Å²) in [5.41, 5.74) is 3.43. The number of hydrogen-bond donors (Lipinski definition) is 0. The van der Waals surface area contributed by atoms with Gasteiger partial charge in [0.25, 0.3) is 0 Å². The van der Waals surface area contributed by atoms with Gasteiger partial charge >= 0.3 is 0 Å². The van der Waals surface area contributed by atoms with E-state index in [0.717, 1.165) is 16.7 Å². The van der Waals surface area contributed by atoms with Gasteiger partial charge in [0.2, 0.25) is 0 Å². The van der Waals surface area contributed by atoms with Gasteiger partial charge < -0.3 is 0 Å². The smallest absolute Gasteiger partial charge is 0.147 e. The molecular weight excluding hydrogens is 228 g/mol. The number of carbonyl (C=O) groups excluding carboxylic acids is 1. The van der Waals surface area contributed by atoms with Crippen molar-refractivity contribution in [3.05, 3.63) is 34.9 Å². The van der Waals surface area contributed by atoms with Crippen LogP contribution in [0.3, 0.4) is 0 Å². The van der Waals surface area contributed by atoms with Crippen molar-refractivity contribution < 1.29 is 4.79 Å². The zero-order valence-corrected chi connectivity index (χ0v) is 9.68. The second-order valence-electron chi connectivity index (χ2n) is 3.28. The molecule has 0 heterocycles. The lowest BCUT2D eigenvalue weighted by Gasteiger charge is -2.12. The molecule has 0 aromatic heterocycles. The fourth-order valence-corrected chi connectivity index (χ4v) is 2.15. The molecule has 1 atom stereocenters. The molecule has 0 bridgehead atoms. The standard InChI is InChI=1S/C11H13BrO/c1-7-5-4-6-8(2)10(7)11(12)9(3)13/h4-6,11H,1-3H3. The number of benzene rings is 1. The largest absolute Gasteiger partial charge is 0.298 e. The summed E-state index contributed by atoms with van der Waals surface area (Å²) in [6, 6.07) is 6.06. The molecule has 0 fully saturated rings. The Bertz CT molecular complexity index is 311. The average Bonchev–Trinajstić information content (AvgIpc) is 2.03. The van der Waals surface area contributed by atoms with Crippen LogP contribution in [0.5, 0.6) is 0 Å². The highest BCUT2D eigenvalue weighted by atomic mass is 79.9. The van der Waals surface area contributed by atoms with Crippen molar-refractivity contribution in [2.24, 2.45) is 0 Å². The normalized spacial score (nSPS) is 12.6. The molecule has 0 aliphatic rings. The molecule has 0 saturated carbocycles. The van der Waals surface area contributed by atoms with Crippen molar-refractivity contribution >= 4 is 21.7 Å². The van der Waals surface area contributed by atoms with Crippen LogP contribution in [-0.2, 0) is 4.79 Å². The molecule has 0 amide bonds. The highest BCUT2D eigenvalue weighted by molar-refractivity contribution is 9.09. The van der Waals surface area contributed by atoms with Crippen LogP contribution in [0, 0.1) is 13.8 Å². The Labute approximate surface area is 87.3 Å². The Morgan fingerprint density at radius 2 is 1.77 bits per heavy atom. The number of halogens is 1. The minimum absolute atomic E-state index is 0.150. The van der Waals surface area contributed by atoms with E-state index >= 15 is 0 Å². The lowest BCUT2D eigenvalue weighted by molar-refractivity contribution is -0.116. The first-order valence-corrected chi connectivity index (χ1v) is 5.16. The maximum Gasteiger partial charge on any atom is 0.147 e. The summed E-state index contributed by atoms with van der Waals surface area (Å²) in [6.45, 7) is 5.66. The number of carbonyl (C=O) groups is 1. The highest BCUT2D eigenvalue weighted by Gasteiger charge is 2.16. The first kappa shape index (κ1) is 10.5. The molecule has 1 rings (SSSR count). The van der Waals surface area contributed by atoms with E-state index in [1.54, 1.807) is 6.92 Å². The van der Waals surface area contributed by atoms with Crippen LogP contribution in [0.15, 0.2) is 18.2 Å². The second kappa shape index (κ2) is 4.05. The van der Waals surface area contributed by atoms with E-state index < -0.39 is 0 Å². The number of alkyl halides is 1. The molecule has 0 radical (unpaired) electrons. The Kier molecular flexibility index (Phi) is 3.26. The molecule has 2 heteroatoms. The van der Waals surface area contributed by atoms with Gasteiger partial charge in [0.15, 0.2) is 0 Å². The SMILES string of the molecule is CC(=O)C(Br)c1c(C)cccc1C. The third-order valence-electron chi connectivity index (χ3n) is 2.15. The van der Waals surface area contributed by atoms with Crippen molar-refractivity contribution in [3.63, 3.8) is 0 Å². The maximum atomic E-state index is 11.2. The predicted octanol–water partition coefficient (Wildman–Crippen LogP) is 3.33. The lowest BCUT2D eigenvalue weighted by Crippen LogP contribution is -2.05. The van der Waals surface area contributed by atoms with Gasteiger partial charge in [0.05, 0.1) is 4.83 Å². The molecule has 1 nitrogen and oxygen atoms in total. The van der Waals surface area contributed by atoms with Gasteiger partial charge in [-0.25, -0.2) is 0 Å². The quantitative estimate of drug-likeness (QED) is 0.726. The Morgan fingerprint density at radius 3 is 2.15 bits per heavy atom. The van der Waals surface area contributed by atoms with Crippen LogP contribution in [-0.4, -0.2) is 5.78 Å². The topological polar surface area (TPSA) is 17.1 Å². The van der Waals surface area contributed by atoms with Gasteiger partial charge in [-0.1, -0.05) is 34.1 Å². The molecule has 70 valence electrons. The van der Waals surface area contributed by atoms with Gasteiger partial charge in [-0.15, -0.1) is 0 Å². The molecule has 0 saturated heterocycles. The Balaban J connectivity index is 3.20. The van der Waals surface area contributed by atoms with Crippen LogP contribution in [0.2, 0.25) is 0 Å². The molecule has 13 heavy (non-hydrogen) atoms. The first-order valence-electron chi connectivity index (χ1n) is 4.24. The van der Waals surface area contributed by atoms with Crippen LogP contribution >= 0.6 is 15.9 Å². The molecule has 0 spiro atoms. The summed E-state index contributed by atoms with van der Waals surface area (Å²) in [5.74, 6) is 0.150. The molecule has 0 aliphatic carbocycles. The van der Waals surface area contributed by atoms with E-state index in [9.17, 15) is 4.79 Å². The number of Topliss-reactive ketones (excluding diaryl/α,β-unsaturated/α-hetero) is 1. The zero-order chi connectivity index (χ0) is 10.0. The minimum Gasteiger partial charge on any atom is -0.298 e. The van der Waals surface area contributed by atoms with Gasteiger partial charge in [-0.3, -0.25) is 4.79 Å². The van der Waals surface area contributed by atoms with Crippen molar-refractivity contribution in [1.29, 1.82) is 0 Å². The van der Waals surface area contributed by atoms with Gasteiger partial charge in [-0.2, -0.15) is 0 Å². The second-order valence-corrected chi connectivity index (χ2v) is 4.19. The summed E-state index contributed by atoms with van der Waals surface area (Å²) in [7, 11) is 0. The fraction of sp³-hybridized carbons (Fsp3) is 0.364. The Hall–Kier alpha value is -0.630.